The molecule has 0 radical (unpaired) electrons. The van der Waals surface area contributed by atoms with Crippen LogP contribution >= 0.6 is 0 Å². The third-order valence-corrected chi connectivity index (χ3v) is 3.48. The van der Waals surface area contributed by atoms with Crippen molar-refractivity contribution in [3.8, 4) is 0 Å². The standard InChI is InChI=1S/C18H23FO4.C2H6O/c1-5-22-17(20)12(3)16(13(4)18(21)23-6-2)11-14-7-9-15(19)10-8-14;1-2-3/h7-13H,5-6H2,1-4H3;3H,2H2,1H3. The van der Waals surface area contributed by atoms with Crippen LogP contribution in [-0.4, -0.2) is 36.9 Å². The largest absolute Gasteiger partial charge is 0.466 e. The van der Waals surface area contributed by atoms with Gasteiger partial charge in [-0.1, -0.05) is 18.2 Å². The Bertz CT molecular complexity index is 554. The number of aliphatic hydroxyl groups excluding tert-OH is 1. The van der Waals surface area contributed by atoms with Crippen molar-refractivity contribution < 1.29 is 28.6 Å². The molecule has 0 aliphatic carbocycles. The molecule has 1 N–H and O–H groups in total. The van der Waals surface area contributed by atoms with E-state index < -0.39 is 23.8 Å². The predicted molar refractivity (Wildman–Crippen MR) is 98.7 cm³/mol. The monoisotopic (exact) mass is 368 g/mol. The molecule has 5 nitrogen and oxygen atoms in total. The van der Waals surface area contributed by atoms with E-state index in [4.69, 9.17) is 14.6 Å². The molecule has 0 aliphatic heterocycles. The molecule has 26 heavy (non-hydrogen) atoms. The van der Waals surface area contributed by atoms with Gasteiger partial charge in [0.2, 0.25) is 0 Å². The lowest BCUT2D eigenvalue weighted by atomic mass is 9.88. The van der Waals surface area contributed by atoms with Crippen LogP contribution in [0.3, 0.4) is 0 Å². The molecule has 2 unspecified atom stereocenters. The highest BCUT2D eigenvalue weighted by Gasteiger charge is 2.28. The maximum absolute atomic E-state index is 13.0. The van der Waals surface area contributed by atoms with Crippen molar-refractivity contribution in [3.63, 3.8) is 0 Å². The van der Waals surface area contributed by atoms with Crippen molar-refractivity contribution in [2.24, 2.45) is 11.8 Å². The Hall–Kier alpha value is -2.21. The van der Waals surface area contributed by atoms with Gasteiger partial charge in [-0.3, -0.25) is 9.59 Å². The summed E-state index contributed by atoms with van der Waals surface area (Å²) >= 11 is 0. The molecule has 1 aromatic rings. The number of esters is 2. The summed E-state index contributed by atoms with van der Waals surface area (Å²) in [4.78, 5) is 24.1. The van der Waals surface area contributed by atoms with E-state index in [1.807, 2.05) is 0 Å². The van der Waals surface area contributed by atoms with E-state index in [1.54, 1.807) is 52.8 Å². The van der Waals surface area contributed by atoms with Crippen LogP contribution in [0.2, 0.25) is 0 Å². The first kappa shape index (κ1) is 23.8. The Labute approximate surface area is 154 Å². The number of hydrogen-bond donors (Lipinski definition) is 1. The minimum atomic E-state index is -0.598. The molecular formula is C20H29FO5. The van der Waals surface area contributed by atoms with Crippen molar-refractivity contribution in [1.29, 1.82) is 0 Å². The van der Waals surface area contributed by atoms with Gasteiger partial charge in [-0.2, -0.15) is 0 Å². The molecule has 0 fully saturated rings. The third kappa shape index (κ3) is 8.25. The number of rotatable bonds is 7. The quantitative estimate of drug-likeness (QED) is 0.745. The molecule has 0 amide bonds. The van der Waals surface area contributed by atoms with Gasteiger partial charge in [-0.05, 0) is 57.9 Å². The smallest absolute Gasteiger partial charge is 0.312 e. The van der Waals surface area contributed by atoms with Gasteiger partial charge in [-0.25, -0.2) is 4.39 Å². The van der Waals surface area contributed by atoms with Gasteiger partial charge in [0.15, 0.2) is 0 Å². The van der Waals surface area contributed by atoms with Crippen LogP contribution in [0.15, 0.2) is 29.8 Å². The predicted octanol–water partition coefficient (Wildman–Crippen LogP) is 3.61. The molecule has 0 saturated carbocycles. The van der Waals surface area contributed by atoms with Gasteiger partial charge in [0.25, 0.3) is 0 Å². The normalized spacial score (nSPS) is 12.1. The molecule has 0 aromatic heterocycles. The lowest BCUT2D eigenvalue weighted by molar-refractivity contribution is -0.148. The first-order valence-electron chi connectivity index (χ1n) is 8.73. The van der Waals surface area contributed by atoms with Gasteiger partial charge in [0, 0.05) is 6.61 Å². The van der Waals surface area contributed by atoms with Gasteiger partial charge in [-0.15, -0.1) is 0 Å². The van der Waals surface area contributed by atoms with Gasteiger partial charge < -0.3 is 14.6 Å². The van der Waals surface area contributed by atoms with Gasteiger partial charge in [0.1, 0.15) is 5.82 Å². The molecule has 0 bridgehead atoms. The topological polar surface area (TPSA) is 72.8 Å². The molecule has 0 heterocycles. The summed E-state index contributed by atoms with van der Waals surface area (Å²) in [6.07, 6.45) is 1.71. The average Bonchev–Trinajstić information content (AvgIpc) is 2.61. The summed E-state index contributed by atoms with van der Waals surface area (Å²) in [5, 5.41) is 7.57. The number of ether oxygens (including phenoxy) is 2. The Balaban J connectivity index is 0.00000194. The zero-order valence-electron chi connectivity index (χ0n) is 16.1. The maximum Gasteiger partial charge on any atom is 0.312 e. The second-order valence-electron chi connectivity index (χ2n) is 5.46. The average molecular weight is 368 g/mol. The second kappa shape index (κ2) is 13.1. The molecule has 0 saturated heterocycles. The van der Waals surface area contributed by atoms with Crippen LogP contribution < -0.4 is 0 Å². The van der Waals surface area contributed by atoms with E-state index in [9.17, 15) is 14.0 Å². The first-order valence-corrected chi connectivity index (χ1v) is 8.73. The molecule has 6 heteroatoms. The number of benzene rings is 1. The van der Waals surface area contributed by atoms with Crippen LogP contribution in [0.5, 0.6) is 0 Å². The summed E-state index contributed by atoms with van der Waals surface area (Å²) in [6.45, 7) is 9.28. The van der Waals surface area contributed by atoms with E-state index in [2.05, 4.69) is 0 Å². The van der Waals surface area contributed by atoms with Gasteiger partial charge >= 0.3 is 11.9 Å². The van der Waals surface area contributed by atoms with Crippen molar-refractivity contribution in [2.45, 2.75) is 34.6 Å². The van der Waals surface area contributed by atoms with Crippen molar-refractivity contribution in [3.05, 3.63) is 41.2 Å². The summed E-state index contributed by atoms with van der Waals surface area (Å²) < 4.78 is 23.1. The lowest BCUT2D eigenvalue weighted by Gasteiger charge is -2.20. The van der Waals surface area contributed by atoms with Crippen LogP contribution in [-0.2, 0) is 19.1 Å². The maximum atomic E-state index is 13.0. The van der Waals surface area contributed by atoms with Crippen LogP contribution in [0, 0.1) is 17.7 Å². The first-order chi connectivity index (χ1) is 12.3. The fraction of sp³-hybridized carbons (Fsp3) is 0.500. The van der Waals surface area contributed by atoms with Crippen LogP contribution in [0.25, 0.3) is 6.08 Å². The number of carbonyl (C=O) groups excluding carboxylic acids is 2. The number of halogens is 1. The molecular weight excluding hydrogens is 339 g/mol. The Kier molecular flexibility index (Phi) is 11.9. The Morgan fingerprint density at radius 1 is 1.00 bits per heavy atom. The Morgan fingerprint density at radius 2 is 1.38 bits per heavy atom. The van der Waals surface area contributed by atoms with Crippen LogP contribution in [0.4, 0.5) is 4.39 Å². The lowest BCUT2D eigenvalue weighted by Crippen LogP contribution is -2.25. The summed E-state index contributed by atoms with van der Waals surface area (Å²) in [5.74, 6) is -2.35. The summed E-state index contributed by atoms with van der Waals surface area (Å²) in [6, 6.07) is 5.83. The SMILES string of the molecule is CCO.CCOC(=O)C(C)C(=Cc1ccc(F)cc1)C(C)C(=O)OCC. The molecule has 1 aromatic carbocycles. The molecule has 1 rings (SSSR count). The fourth-order valence-corrected chi connectivity index (χ4v) is 2.18. The second-order valence-corrected chi connectivity index (χ2v) is 5.46. The zero-order chi connectivity index (χ0) is 20.1. The van der Waals surface area contributed by atoms with Crippen molar-refractivity contribution in [1.82, 2.24) is 0 Å². The van der Waals surface area contributed by atoms with Crippen molar-refractivity contribution >= 4 is 18.0 Å². The Morgan fingerprint density at radius 3 is 1.73 bits per heavy atom. The van der Waals surface area contributed by atoms with Crippen LogP contribution in [0.1, 0.15) is 40.2 Å². The van der Waals surface area contributed by atoms with E-state index >= 15 is 0 Å². The highest BCUT2D eigenvalue weighted by Crippen LogP contribution is 2.26. The minimum Gasteiger partial charge on any atom is -0.466 e. The number of carbonyl (C=O) groups is 2. The third-order valence-electron chi connectivity index (χ3n) is 3.48. The van der Waals surface area contributed by atoms with E-state index in [1.165, 1.54) is 12.1 Å². The molecule has 2 atom stereocenters. The number of hydrogen-bond acceptors (Lipinski definition) is 5. The highest BCUT2D eigenvalue weighted by molar-refractivity contribution is 5.84. The minimum absolute atomic E-state index is 0.250. The zero-order valence-corrected chi connectivity index (χ0v) is 16.1. The molecule has 0 spiro atoms. The van der Waals surface area contributed by atoms with Crippen molar-refractivity contribution in [2.75, 3.05) is 19.8 Å². The van der Waals surface area contributed by atoms with E-state index in [0.717, 1.165) is 0 Å². The van der Waals surface area contributed by atoms with E-state index in [0.29, 0.717) is 11.1 Å². The molecule has 0 aliphatic rings. The highest BCUT2D eigenvalue weighted by atomic mass is 19.1. The van der Waals surface area contributed by atoms with E-state index in [-0.39, 0.29) is 25.6 Å². The summed E-state index contributed by atoms with van der Waals surface area (Å²) in [7, 11) is 0. The summed E-state index contributed by atoms with van der Waals surface area (Å²) in [5.41, 5.74) is 1.28. The van der Waals surface area contributed by atoms with Gasteiger partial charge in [0.05, 0.1) is 25.0 Å². The fourth-order valence-electron chi connectivity index (χ4n) is 2.18. The number of aliphatic hydroxyl groups is 1. The molecule has 146 valence electrons.